The highest BCUT2D eigenvalue weighted by Crippen LogP contribution is 2.30. The molecule has 0 fully saturated rings. The van der Waals surface area contributed by atoms with Gasteiger partial charge in [-0.2, -0.15) is 5.10 Å². The van der Waals surface area contributed by atoms with Gasteiger partial charge in [-0.1, -0.05) is 12.1 Å². The summed E-state index contributed by atoms with van der Waals surface area (Å²) >= 11 is 0. The minimum Gasteiger partial charge on any atom is -0.493 e. The van der Waals surface area contributed by atoms with Gasteiger partial charge < -0.3 is 9.47 Å². The molecule has 1 amide bonds. The van der Waals surface area contributed by atoms with Crippen molar-refractivity contribution in [2.24, 2.45) is 0 Å². The van der Waals surface area contributed by atoms with E-state index in [0.29, 0.717) is 11.4 Å². The molecule has 9 heteroatoms. The molecular formula is C22H21N5O4. The molecule has 0 aliphatic carbocycles. The first kappa shape index (κ1) is 20.1. The quantitative estimate of drug-likeness (QED) is 0.534. The van der Waals surface area contributed by atoms with Crippen molar-refractivity contribution in [1.29, 1.82) is 0 Å². The molecule has 4 rings (SSSR count). The molecule has 9 nitrogen and oxygen atoms in total. The molecule has 0 aliphatic heterocycles. The Balaban J connectivity index is 1.71. The maximum atomic E-state index is 12.9. The number of carbonyl (C=O) groups is 1. The van der Waals surface area contributed by atoms with Crippen LogP contribution >= 0.6 is 0 Å². The molecule has 1 N–H and O–H groups in total. The van der Waals surface area contributed by atoms with Crippen LogP contribution in [0.5, 0.6) is 11.5 Å². The first-order valence-electron chi connectivity index (χ1n) is 9.50. The van der Waals surface area contributed by atoms with E-state index in [4.69, 9.17) is 9.47 Å². The Morgan fingerprint density at radius 1 is 1.06 bits per heavy atom. The SMILES string of the molecule is COc1cccc(C(=O)Nn2cnc3c(cnn3-c3ccc(C)c(C)c3)c2=O)c1OC. The van der Waals surface area contributed by atoms with E-state index in [0.717, 1.165) is 21.5 Å². The minimum absolute atomic E-state index is 0.222. The lowest BCUT2D eigenvalue weighted by Crippen LogP contribution is -2.33. The summed E-state index contributed by atoms with van der Waals surface area (Å²) in [6.07, 6.45) is 2.70. The van der Waals surface area contributed by atoms with E-state index in [1.165, 1.54) is 26.7 Å². The number of para-hydroxylation sites is 1. The zero-order valence-electron chi connectivity index (χ0n) is 17.5. The highest BCUT2D eigenvalue weighted by atomic mass is 16.5. The number of hydrogen-bond donors (Lipinski definition) is 1. The van der Waals surface area contributed by atoms with E-state index in [-0.39, 0.29) is 16.7 Å². The lowest BCUT2D eigenvalue weighted by molar-refractivity contribution is 0.100. The van der Waals surface area contributed by atoms with Crippen LogP contribution in [0.25, 0.3) is 16.7 Å². The Hall–Kier alpha value is -4.14. The molecule has 0 saturated carbocycles. The largest absolute Gasteiger partial charge is 0.493 e. The van der Waals surface area contributed by atoms with Crippen molar-refractivity contribution in [3.05, 3.63) is 76.0 Å². The van der Waals surface area contributed by atoms with Crippen LogP contribution in [0.1, 0.15) is 21.5 Å². The summed E-state index contributed by atoms with van der Waals surface area (Å²) in [6.45, 7) is 4.03. The fourth-order valence-electron chi connectivity index (χ4n) is 3.27. The van der Waals surface area contributed by atoms with Crippen molar-refractivity contribution in [2.45, 2.75) is 13.8 Å². The fourth-order valence-corrected chi connectivity index (χ4v) is 3.27. The Kier molecular flexibility index (Phi) is 5.16. The Morgan fingerprint density at radius 2 is 1.87 bits per heavy atom. The molecule has 0 atom stereocenters. The van der Waals surface area contributed by atoms with Crippen molar-refractivity contribution in [2.75, 3.05) is 19.6 Å². The van der Waals surface area contributed by atoms with Gasteiger partial charge in [0.25, 0.3) is 11.5 Å². The van der Waals surface area contributed by atoms with Gasteiger partial charge in [-0.3, -0.25) is 15.0 Å². The summed E-state index contributed by atoms with van der Waals surface area (Å²) in [5, 5.41) is 4.59. The van der Waals surface area contributed by atoms with Crippen molar-refractivity contribution in [3.63, 3.8) is 0 Å². The minimum atomic E-state index is -0.541. The van der Waals surface area contributed by atoms with E-state index in [1.54, 1.807) is 22.9 Å². The summed E-state index contributed by atoms with van der Waals surface area (Å²) < 4.78 is 13.1. The highest BCUT2D eigenvalue weighted by molar-refractivity contribution is 6.03. The second kappa shape index (κ2) is 7.94. The number of amides is 1. The van der Waals surface area contributed by atoms with E-state index in [2.05, 4.69) is 15.5 Å². The van der Waals surface area contributed by atoms with Gasteiger partial charge in [-0.15, -0.1) is 0 Å². The average molecular weight is 419 g/mol. The molecule has 31 heavy (non-hydrogen) atoms. The topological polar surface area (TPSA) is 100 Å². The van der Waals surface area contributed by atoms with Crippen LogP contribution in [0.4, 0.5) is 0 Å². The van der Waals surface area contributed by atoms with Gasteiger partial charge in [0.2, 0.25) is 0 Å². The van der Waals surface area contributed by atoms with Gasteiger partial charge in [0, 0.05) is 0 Å². The molecule has 2 heterocycles. The molecule has 0 radical (unpaired) electrons. The zero-order valence-corrected chi connectivity index (χ0v) is 17.5. The third-order valence-corrected chi connectivity index (χ3v) is 5.09. The average Bonchev–Trinajstić information content (AvgIpc) is 3.21. The molecule has 0 aliphatic rings. The lowest BCUT2D eigenvalue weighted by Gasteiger charge is -2.13. The maximum absolute atomic E-state index is 12.9. The second-order valence-electron chi connectivity index (χ2n) is 6.96. The van der Waals surface area contributed by atoms with Crippen LogP contribution in [0.3, 0.4) is 0 Å². The van der Waals surface area contributed by atoms with Crippen LogP contribution in [-0.2, 0) is 0 Å². The molecule has 2 aromatic carbocycles. The van der Waals surface area contributed by atoms with Crippen LogP contribution in [-0.4, -0.2) is 39.6 Å². The Bertz CT molecular complexity index is 1360. The molecule has 0 unspecified atom stereocenters. The standard InChI is InChI=1S/C22H21N5O4/c1-13-8-9-15(10-14(13)2)27-20-17(11-24-27)22(29)26(12-23-20)25-21(28)16-6-5-7-18(30-3)19(16)31-4/h5-12H,1-4H3,(H,25,28). The first-order chi connectivity index (χ1) is 14.9. The molecule has 158 valence electrons. The molecule has 2 aromatic heterocycles. The third-order valence-electron chi connectivity index (χ3n) is 5.09. The number of methoxy groups -OCH3 is 2. The van der Waals surface area contributed by atoms with Crippen LogP contribution < -0.4 is 20.5 Å². The normalized spacial score (nSPS) is 10.8. The number of hydrogen-bond acceptors (Lipinski definition) is 6. The van der Waals surface area contributed by atoms with Gasteiger partial charge in [0.15, 0.2) is 17.1 Å². The van der Waals surface area contributed by atoms with Crippen molar-refractivity contribution >= 4 is 16.9 Å². The number of aryl methyl sites for hydroxylation is 2. The van der Waals surface area contributed by atoms with Gasteiger partial charge in [0.1, 0.15) is 11.7 Å². The number of benzene rings is 2. The van der Waals surface area contributed by atoms with Crippen LogP contribution in [0.2, 0.25) is 0 Å². The van der Waals surface area contributed by atoms with E-state index in [9.17, 15) is 9.59 Å². The maximum Gasteiger partial charge on any atom is 0.283 e. The predicted molar refractivity (Wildman–Crippen MR) is 116 cm³/mol. The van der Waals surface area contributed by atoms with Gasteiger partial charge >= 0.3 is 0 Å². The van der Waals surface area contributed by atoms with Gasteiger partial charge in [-0.05, 0) is 49.2 Å². The number of nitrogens with one attached hydrogen (secondary N) is 1. The number of ether oxygens (including phenoxy) is 2. The second-order valence-corrected chi connectivity index (χ2v) is 6.96. The van der Waals surface area contributed by atoms with Gasteiger partial charge in [-0.25, -0.2) is 14.3 Å². The van der Waals surface area contributed by atoms with Crippen LogP contribution in [0, 0.1) is 13.8 Å². The molecule has 0 saturated heterocycles. The van der Waals surface area contributed by atoms with E-state index >= 15 is 0 Å². The monoisotopic (exact) mass is 419 g/mol. The lowest BCUT2D eigenvalue weighted by atomic mass is 10.1. The van der Waals surface area contributed by atoms with Crippen molar-refractivity contribution in [3.8, 4) is 17.2 Å². The molecule has 0 bridgehead atoms. The number of aromatic nitrogens is 4. The van der Waals surface area contributed by atoms with E-state index in [1.807, 2.05) is 32.0 Å². The Morgan fingerprint density at radius 3 is 2.58 bits per heavy atom. The molecule has 0 spiro atoms. The van der Waals surface area contributed by atoms with Crippen molar-refractivity contribution in [1.82, 2.24) is 19.4 Å². The molecular weight excluding hydrogens is 398 g/mol. The predicted octanol–water partition coefficient (Wildman–Crippen LogP) is 2.60. The summed E-state index contributed by atoms with van der Waals surface area (Å²) in [7, 11) is 2.92. The fraction of sp³-hybridized carbons (Fsp3) is 0.182. The van der Waals surface area contributed by atoms with Gasteiger partial charge in [0.05, 0.1) is 31.7 Å². The summed E-state index contributed by atoms with van der Waals surface area (Å²) in [6, 6.07) is 10.8. The number of rotatable bonds is 5. The van der Waals surface area contributed by atoms with Crippen LogP contribution in [0.15, 0.2) is 53.7 Å². The van der Waals surface area contributed by atoms with E-state index < -0.39 is 11.5 Å². The smallest absolute Gasteiger partial charge is 0.283 e. The summed E-state index contributed by atoms with van der Waals surface area (Å²) in [5.74, 6) is 0.137. The Labute approximate surface area is 177 Å². The molecule has 4 aromatic rings. The number of carbonyl (C=O) groups excluding carboxylic acids is 1. The zero-order chi connectivity index (χ0) is 22.1. The van der Waals surface area contributed by atoms with Crippen molar-refractivity contribution < 1.29 is 14.3 Å². The third kappa shape index (κ3) is 3.50. The first-order valence-corrected chi connectivity index (χ1v) is 9.50. The number of fused-ring (bicyclic) bond motifs is 1. The highest BCUT2D eigenvalue weighted by Gasteiger charge is 2.18. The summed E-state index contributed by atoms with van der Waals surface area (Å²) in [5.41, 5.74) is 5.78. The number of nitrogens with zero attached hydrogens (tertiary/aromatic N) is 4. The summed E-state index contributed by atoms with van der Waals surface area (Å²) in [4.78, 5) is 30.1.